The predicted octanol–water partition coefficient (Wildman–Crippen LogP) is 10.3. The van der Waals surface area contributed by atoms with Gasteiger partial charge in [0.05, 0.1) is 11.1 Å². The van der Waals surface area contributed by atoms with E-state index >= 15 is 0 Å². The Hall–Kier alpha value is -2.62. The van der Waals surface area contributed by atoms with Crippen LogP contribution in [0.25, 0.3) is 0 Å². The minimum Gasteiger partial charge on any atom is -0.458 e. The summed E-state index contributed by atoms with van der Waals surface area (Å²) in [4.78, 5) is 26.4. The fourth-order valence-corrected chi connectivity index (χ4v) is 5.59. The topological polar surface area (TPSA) is 52.6 Å². The summed E-state index contributed by atoms with van der Waals surface area (Å²) in [5, 5.41) is 0. The second-order valence-electron chi connectivity index (χ2n) is 11.6. The molecule has 4 heteroatoms. The van der Waals surface area contributed by atoms with Gasteiger partial charge < -0.3 is 9.47 Å². The maximum atomic E-state index is 13.2. The third kappa shape index (κ3) is 12.4. The van der Waals surface area contributed by atoms with E-state index in [1.54, 1.807) is 0 Å². The van der Waals surface area contributed by atoms with Crippen LogP contribution in [0.15, 0.2) is 48.5 Å². The highest BCUT2D eigenvalue weighted by Gasteiger charge is 2.33. The Labute approximate surface area is 250 Å². The van der Waals surface area contributed by atoms with Crippen molar-refractivity contribution in [2.75, 3.05) is 0 Å². The summed E-state index contributed by atoms with van der Waals surface area (Å²) < 4.78 is 12.3. The first-order valence-electron chi connectivity index (χ1n) is 16.6. The summed E-state index contributed by atoms with van der Waals surface area (Å²) in [6.45, 7) is 10.7. The molecular formula is C37H56O4. The van der Waals surface area contributed by atoms with E-state index in [0.29, 0.717) is 11.1 Å². The van der Waals surface area contributed by atoms with Crippen molar-refractivity contribution >= 4 is 11.9 Å². The van der Waals surface area contributed by atoms with E-state index in [-0.39, 0.29) is 30.1 Å². The molecular weight excluding hydrogens is 508 g/mol. The van der Waals surface area contributed by atoms with Crippen molar-refractivity contribution in [3.8, 4) is 0 Å². The SMILES string of the molecule is CCCCCCc1ccc(C(=O)OC(CCC)C(CC)C(CCC)OC(=O)c2ccc(CCCCCC)cc2)cc1. The first-order valence-corrected chi connectivity index (χ1v) is 16.6. The van der Waals surface area contributed by atoms with Crippen LogP contribution < -0.4 is 0 Å². The van der Waals surface area contributed by atoms with E-state index in [1.807, 2.05) is 48.5 Å². The van der Waals surface area contributed by atoms with Crippen molar-refractivity contribution in [2.24, 2.45) is 5.92 Å². The second-order valence-corrected chi connectivity index (χ2v) is 11.6. The average Bonchev–Trinajstić information content (AvgIpc) is 2.98. The maximum absolute atomic E-state index is 13.2. The Bertz CT molecular complexity index is 900. The molecule has 0 spiro atoms. The monoisotopic (exact) mass is 564 g/mol. The van der Waals surface area contributed by atoms with Gasteiger partial charge in [-0.05, 0) is 80.3 Å². The second kappa shape index (κ2) is 20.3. The molecule has 0 bridgehead atoms. The molecule has 41 heavy (non-hydrogen) atoms. The normalized spacial score (nSPS) is 13.4. The Morgan fingerprint density at radius 1 is 0.537 bits per heavy atom. The minimum absolute atomic E-state index is 0.0570. The molecule has 2 unspecified atom stereocenters. The molecule has 2 rings (SSSR count). The molecule has 0 amide bonds. The molecule has 4 nitrogen and oxygen atoms in total. The van der Waals surface area contributed by atoms with Crippen molar-refractivity contribution in [2.45, 2.75) is 143 Å². The lowest BCUT2D eigenvalue weighted by atomic mass is 9.87. The Morgan fingerprint density at radius 2 is 0.927 bits per heavy atom. The molecule has 0 aromatic heterocycles. The van der Waals surface area contributed by atoms with Gasteiger partial charge in [-0.25, -0.2) is 9.59 Å². The van der Waals surface area contributed by atoms with Crippen LogP contribution >= 0.6 is 0 Å². The largest absolute Gasteiger partial charge is 0.458 e. The number of hydrogen-bond acceptors (Lipinski definition) is 4. The van der Waals surface area contributed by atoms with E-state index in [2.05, 4.69) is 34.6 Å². The molecule has 2 aromatic rings. The molecule has 0 aliphatic rings. The van der Waals surface area contributed by atoms with Gasteiger partial charge >= 0.3 is 11.9 Å². The van der Waals surface area contributed by atoms with E-state index in [1.165, 1.54) is 62.5 Å². The van der Waals surface area contributed by atoms with Crippen LogP contribution in [-0.4, -0.2) is 24.1 Å². The van der Waals surface area contributed by atoms with Crippen molar-refractivity contribution in [3.05, 3.63) is 70.8 Å². The van der Waals surface area contributed by atoms with Gasteiger partial charge in [-0.15, -0.1) is 0 Å². The number of ether oxygens (including phenoxy) is 2. The van der Waals surface area contributed by atoms with Gasteiger partial charge in [0.25, 0.3) is 0 Å². The van der Waals surface area contributed by atoms with Crippen LogP contribution in [0.2, 0.25) is 0 Å². The minimum atomic E-state index is -0.305. The average molecular weight is 565 g/mol. The fourth-order valence-electron chi connectivity index (χ4n) is 5.59. The van der Waals surface area contributed by atoms with Gasteiger partial charge in [0.1, 0.15) is 12.2 Å². The Balaban J connectivity index is 2.05. The van der Waals surface area contributed by atoms with Crippen molar-refractivity contribution < 1.29 is 19.1 Å². The van der Waals surface area contributed by atoms with Crippen LogP contribution in [-0.2, 0) is 22.3 Å². The standard InChI is InChI=1S/C37H56O4/c1-6-11-13-15-19-29-21-25-31(26-22-29)36(38)40-34(17-8-3)33(10-5)35(18-9-4)41-37(39)32-27-23-30(24-28-32)20-16-14-12-7-2/h21-28,33-35H,6-20H2,1-5H3. The molecule has 0 aliphatic carbocycles. The molecule has 0 heterocycles. The van der Waals surface area contributed by atoms with Gasteiger partial charge in [0.15, 0.2) is 0 Å². The van der Waals surface area contributed by atoms with E-state index in [0.717, 1.165) is 44.9 Å². The molecule has 0 N–H and O–H groups in total. The van der Waals surface area contributed by atoms with Gasteiger partial charge in [-0.1, -0.05) is 110 Å². The van der Waals surface area contributed by atoms with Crippen molar-refractivity contribution in [3.63, 3.8) is 0 Å². The number of unbranched alkanes of at least 4 members (excludes halogenated alkanes) is 6. The lowest BCUT2D eigenvalue weighted by Crippen LogP contribution is -2.37. The van der Waals surface area contributed by atoms with E-state index in [9.17, 15) is 9.59 Å². The molecule has 2 aromatic carbocycles. The fraction of sp³-hybridized carbons (Fsp3) is 0.622. The summed E-state index contributed by atoms with van der Waals surface area (Å²) in [5.74, 6) is -0.649. The molecule has 0 radical (unpaired) electrons. The van der Waals surface area contributed by atoms with Crippen LogP contribution in [0.1, 0.15) is 150 Å². The lowest BCUT2D eigenvalue weighted by Gasteiger charge is -2.32. The molecule has 228 valence electrons. The first-order chi connectivity index (χ1) is 20.0. The smallest absolute Gasteiger partial charge is 0.338 e. The van der Waals surface area contributed by atoms with Crippen LogP contribution in [0.3, 0.4) is 0 Å². The molecule has 2 atom stereocenters. The van der Waals surface area contributed by atoms with Gasteiger partial charge in [-0.3, -0.25) is 0 Å². The summed E-state index contributed by atoms with van der Waals surface area (Å²) >= 11 is 0. The van der Waals surface area contributed by atoms with Gasteiger partial charge in [-0.2, -0.15) is 0 Å². The highest BCUT2D eigenvalue weighted by Crippen LogP contribution is 2.28. The van der Waals surface area contributed by atoms with Crippen LogP contribution in [0.5, 0.6) is 0 Å². The molecule has 0 aliphatic heterocycles. The number of benzene rings is 2. The van der Waals surface area contributed by atoms with E-state index in [4.69, 9.17) is 9.47 Å². The third-order valence-corrected chi connectivity index (χ3v) is 8.11. The zero-order valence-electron chi connectivity index (χ0n) is 26.6. The number of carbonyl (C=O) groups excluding carboxylic acids is 2. The van der Waals surface area contributed by atoms with Gasteiger partial charge in [0.2, 0.25) is 0 Å². The Kier molecular flexibility index (Phi) is 17.1. The van der Waals surface area contributed by atoms with Crippen molar-refractivity contribution in [1.29, 1.82) is 0 Å². The number of carbonyl (C=O) groups is 2. The number of esters is 2. The first kappa shape index (κ1) is 34.6. The lowest BCUT2D eigenvalue weighted by molar-refractivity contribution is -0.0391. The summed E-state index contributed by atoms with van der Waals surface area (Å²) in [6, 6.07) is 15.7. The van der Waals surface area contributed by atoms with Crippen molar-refractivity contribution in [1.82, 2.24) is 0 Å². The number of rotatable bonds is 21. The predicted molar refractivity (Wildman–Crippen MR) is 171 cm³/mol. The molecule has 0 fully saturated rings. The molecule has 0 saturated carbocycles. The number of hydrogen-bond donors (Lipinski definition) is 0. The summed E-state index contributed by atoms with van der Waals surface area (Å²) in [7, 11) is 0. The quantitative estimate of drug-likeness (QED) is 0.112. The summed E-state index contributed by atoms with van der Waals surface area (Å²) in [5.41, 5.74) is 3.68. The third-order valence-electron chi connectivity index (χ3n) is 8.11. The van der Waals surface area contributed by atoms with E-state index < -0.39 is 0 Å². The van der Waals surface area contributed by atoms with Crippen LogP contribution in [0, 0.1) is 5.92 Å². The Morgan fingerprint density at radius 3 is 1.24 bits per heavy atom. The highest BCUT2D eigenvalue weighted by molar-refractivity contribution is 5.90. The summed E-state index contributed by atoms with van der Waals surface area (Å²) in [6.07, 6.45) is 15.3. The van der Waals surface area contributed by atoms with Gasteiger partial charge in [0, 0.05) is 5.92 Å². The molecule has 0 saturated heterocycles. The highest BCUT2D eigenvalue weighted by atomic mass is 16.6. The van der Waals surface area contributed by atoms with Crippen LogP contribution in [0.4, 0.5) is 0 Å². The zero-order valence-corrected chi connectivity index (χ0v) is 26.6. The maximum Gasteiger partial charge on any atom is 0.338 e. The number of aryl methyl sites for hydroxylation is 2. The zero-order chi connectivity index (χ0) is 29.9.